The smallest absolute Gasteiger partial charge is 0.261 e. The van der Waals surface area contributed by atoms with E-state index in [1.54, 1.807) is 18.2 Å². The third-order valence-corrected chi connectivity index (χ3v) is 6.85. The summed E-state index contributed by atoms with van der Waals surface area (Å²) in [5.41, 5.74) is 2.37. The highest BCUT2D eigenvalue weighted by Crippen LogP contribution is 2.29. The fourth-order valence-corrected chi connectivity index (χ4v) is 4.51. The molecule has 0 fully saturated rings. The molecule has 202 valence electrons. The summed E-state index contributed by atoms with van der Waals surface area (Å²) in [6.07, 6.45) is 0.289. The first kappa shape index (κ1) is 29.4. The molecule has 0 spiro atoms. The summed E-state index contributed by atoms with van der Waals surface area (Å²) in [7, 11) is 0. The van der Waals surface area contributed by atoms with Crippen molar-refractivity contribution >= 4 is 27.7 Å². The van der Waals surface area contributed by atoms with Gasteiger partial charge in [0.15, 0.2) is 6.61 Å². The quantitative estimate of drug-likeness (QED) is 0.265. The van der Waals surface area contributed by atoms with Gasteiger partial charge < -0.3 is 15.0 Å². The maximum atomic E-state index is 14.7. The molecule has 0 bridgehead atoms. The average Bonchev–Trinajstić information content (AvgIpc) is 2.89. The lowest BCUT2D eigenvalue weighted by atomic mass is 10.0. The molecule has 0 aromatic heterocycles. The minimum atomic E-state index is -0.849. The van der Waals surface area contributed by atoms with Crippen LogP contribution in [0.4, 0.5) is 4.39 Å². The van der Waals surface area contributed by atoms with E-state index in [2.05, 4.69) is 35.1 Å². The van der Waals surface area contributed by atoms with Gasteiger partial charge in [0.25, 0.3) is 5.91 Å². The summed E-state index contributed by atoms with van der Waals surface area (Å²) in [5.74, 6) is -0.0111. The van der Waals surface area contributed by atoms with Crippen LogP contribution in [0.25, 0.3) is 0 Å². The van der Waals surface area contributed by atoms with Crippen LogP contribution in [0.15, 0.2) is 77.3 Å². The molecular formula is C31H36BrFN2O3. The van der Waals surface area contributed by atoms with E-state index in [-0.39, 0.29) is 31.4 Å². The van der Waals surface area contributed by atoms with Crippen molar-refractivity contribution in [2.24, 2.45) is 5.92 Å². The summed E-state index contributed by atoms with van der Waals surface area (Å²) in [5, 5.41) is 2.96. The highest BCUT2D eigenvalue weighted by atomic mass is 79.9. The number of halogens is 2. The Hall–Kier alpha value is -3.19. The van der Waals surface area contributed by atoms with Gasteiger partial charge in [-0.15, -0.1) is 0 Å². The van der Waals surface area contributed by atoms with Crippen molar-refractivity contribution in [2.45, 2.75) is 52.6 Å². The molecule has 0 saturated carbocycles. The Balaban J connectivity index is 1.91. The second kappa shape index (κ2) is 14.1. The molecule has 38 heavy (non-hydrogen) atoms. The molecule has 1 N–H and O–H groups in total. The zero-order valence-corrected chi connectivity index (χ0v) is 24.0. The predicted molar refractivity (Wildman–Crippen MR) is 152 cm³/mol. The van der Waals surface area contributed by atoms with Crippen LogP contribution in [-0.2, 0) is 22.6 Å². The van der Waals surface area contributed by atoms with Crippen molar-refractivity contribution in [3.05, 3.63) is 99.8 Å². The number of carbonyl (C=O) groups excluding carboxylic acids is 2. The number of benzene rings is 3. The molecular weight excluding hydrogens is 547 g/mol. The minimum absolute atomic E-state index is 0.0606. The predicted octanol–water partition coefficient (Wildman–Crippen LogP) is 6.50. The lowest BCUT2D eigenvalue weighted by Gasteiger charge is -2.32. The number of nitrogens with zero attached hydrogens (tertiary/aromatic N) is 1. The van der Waals surface area contributed by atoms with Crippen molar-refractivity contribution in [1.29, 1.82) is 0 Å². The molecule has 0 aliphatic carbocycles. The summed E-state index contributed by atoms with van der Waals surface area (Å²) in [4.78, 5) is 28.6. The number of carbonyl (C=O) groups is 2. The van der Waals surface area contributed by atoms with Crippen LogP contribution in [-0.4, -0.2) is 35.9 Å². The zero-order valence-electron chi connectivity index (χ0n) is 22.4. The van der Waals surface area contributed by atoms with Crippen molar-refractivity contribution in [3.63, 3.8) is 0 Å². The van der Waals surface area contributed by atoms with Crippen LogP contribution in [0.5, 0.6) is 5.75 Å². The van der Waals surface area contributed by atoms with Crippen molar-refractivity contribution < 1.29 is 18.7 Å². The Labute approximate surface area is 233 Å². The van der Waals surface area contributed by atoms with E-state index in [1.807, 2.05) is 62.4 Å². The van der Waals surface area contributed by atoms with Crippen LogP contribution in [0.3, 0.4) is 0 Å². The third kappa shape index (κ3) is 8.42. The van der Waals surface area contributed by atoms with Crippen molar-refractivity contribution in [2.75, 3.05) is 13.2 Å². The van der Waals surface area contributed by atoms with Gasteiger partial charge in [0.2, 0.25) is 5.91 Å². The van der Waals surface area contributed by atoms with E-state index in [4.69, 9.17) is 4.74 Å². The van der Waals surface area contributed by atoms with E-state index in [0.29, 0.717) is 23.8 Å². The lowest BCUT2D eigenvalue weighted by molar-refractivity contribution is -0.142. The normalized spacial score (nSPS) is 11.9. The number of hydrogen-bond donors (Lipinski definition) is 1. The summed E-state index contributed by atoms with van der Waals surface area (Å²) >= 11 is 3.53. The first-order valence-electron chi connectivity index (χ1n) is 12.9. The Morgan fingerprint density at radius 3 is 2.29 bits per heavy atom. The Kier molecular flexibility index (Phi) is 10.9. The van der Waals surface area contributed by atoms with Gasteiger partial charge in [-0.2, -0.15) is 0 Å². The Morgan fingerprint density at radius 2 is 1.66 bits per heavy atom. The molecule has 1 atom stereocenters. The molecule has 0 heterocycles. The lowest BCUT2D eigenvalue weighted by Crippen LogP contribution is -2.52. The van der Waals surface area contributed by atoms with Crippen LogP contribution < -0.4 is 10.1 Å². The van der Waals surface area contributed by atoms with Gasteiger partial charge >= 0.3 is 0 Å². The van der Waals surface area contributed by atoms with Gasteiger partial charge in [0.05, 0.1) is 4.47 Å². The van der Waals surface area contributed by atoms with Crippen LogP contribution >= 0.6 is 15.9 Å². The van der Waals surface area contributed by atoms with Gasteiger partial charge in [-0.1, -0.05) is 82.3 Å². The summed E-state index contributed by atoms with van der Waals surface area (Å²) in [6, 6.07) is 20.7. The minimum Gasteiger partial charge on any atom is -0.483 e. The molecule has 0 radical (unpaired) electrons. The monoisotopic (exact) mass is 582 g/mol. The number of amides is 2. The van der Waals surface area contributed by atoms with E-state index >= 15 is 0 Å². The fourth-order valence-electron chi connectivity index (χ4n) is 4.00. The molecule has 0 aliphatic heterocycles. The first-order chi connectivity index (χ1) is 18.2. The molecule has 3 rings (SSSR count). The second-order valence-electron chi connectivity index (χ2n) is 10.1. The fraction of sp³-hybridized carbons (Fsp3) is 0.355. The molecule has 1 unspecified atom stereocenters. The van der Waals surface area contributed by atoms with Gasteiger partial charge in [-0.3, -0.25) is 9.59 Å². The highest BCUT2D eigenvalue weighted by molar-refractivity contribution is 9.10. The van der Waals surface area contributed by atoms with Crippen LogP contribution in [0, 0.1) is 11.7 Å². The maximum absolute atomic E-state index is 14.7. The molecule has 2 amide bonds. The molecule has 5 nitrogen and oxygen atoms in total. The topological polar surface area (TPSA) is 58.6 Å². The van der Waals surface area contributed by atoms with E-state index < -0.39 is 17.8 Å². The standard InChI is InChI=1S/C31H36BrFN2O3/c1-21(2)18-34-31(37)28(16-23-10-6-5-7-11-23)35(19-25-12-8-9-13-27(25)33)30(36)20-38-29-15-14-24(22(3)4)17-26(29)32/h5-15,17,21-22,28H,16,18-20H2,1-4H3,(H,34,37). The number of nitrogens with one attached hydrogen (secondary N) is 1. The summed E-state index contributed by atoms with van der Waals surface area (Å²) in [6.45, 7) is 8.33. The van der Waals surface area contributed by atoms with Crippen LogP contribution in [0.2, 0.25) is 0 Å². The SMILES string of the molecule is CC(C)CNC(=O)C(Cc1ccccc1)N(Cc1ccccc1F)C(=O)COc1ccc(C(C)C)cc1Br. The third-order valence-electron chi connectivity index (χ3n) is 6.23. The van der Waals surface area contributed by atoms with Crippen molar-refractivity contribution in [3.8, 4) is 5.75 Å². The molecule has 3 aromatic rings. The van der Waals surface area contributed by atoms with E-state index in [0.717, 1.165) is 15.6 Å². The average molecular weight is 584 g/mol. The Bertz CT molecular complexity index is 1220. The number of hydrogen-bond acceptors (Lipinski definition) is 3. The van der Waals surface area contributed by atoms with E-state index in [9.17, 15) is 14.0 Å². The van der Waals surface area contributed by atoms with Crippen molar-refractivity contribution in [1.82, 2.24) is 10.2 Å². The van der Waals surface area contributed by atoms with Gasteiger partial charge in [-0.25, -0.2) is 4.39 Å². The summed E-state index contributed by atoms with van der Waals surface area (Å²) < 4.78 is 21.3. The second-order valence-corrected chi connectivity index (χ2v) is 10.9. The van der Waals surface area contributed by atoms with Gasteiger partial charge in [0.1, 0.15) is 17.6 Å². The zero-order chi connectivity index (χ0) is 27.7. The van der Waals surface area contributed by atoms with E-state index in [1.165, 1.54) is 11.0 Å². The van der Waals surface area contributed by atoms with Gasteiger partial charge in [0, 0.05) is 25.1 Å². The highest BCUT2D eigenvalue weighted by Gasteiger charge is 2.31. The largest absolute Gasteiger partial charge is 0.483 e. The number of rotatable bonds is 12. The molecule has 7 heteroatoms. The molecule has 3 aromatic carbocycles. The number of ether oxygens (including phenoxy) is 1. The molecule has 0 aliphatic rings. The molecule has 0 saturated heterocycles. The van der Waals surface area contributed by atoms with Crippen LogP contribution in [0.1, 0.15) is 50.3 Å². The Morgan fingerprint density at radius 1 is 0.974 bits per heavy atom. The maximum Gasteiger partial charge on any atom is 0.261 e. The first-order valence-corrected chi connectivity index (χ1v) is 13.7. The van der Waals surface area contributed by atoms with Gasteiger partial charge in [-0.05, 0) is 57.1 Å².